The molecule has 0 N–H and O–H groups in total. The Labute approximate surface area is 114 Å². The van der Waals surface area contributed by atoms with Crippen molar-refractivity contribution in [2.75, 3.05) is 13.7 Å². The second-order valence-electron chi connectivity index (χ2n) is 4.00. The summed E-state index contributed by atoms with van der Waals surface area (Å²) in [6.45, 7) is -1.38. The topological polar surface area (TPSA) is 31.4 Å². The molecule has 20 heavy (non-hydrogen) atoms. The number of hydrogen-bond donors (Lipinski definition) is 0. The first kappa shape index (κ1) is 14.2. The molecule has 6 heteroatoms. The number of pyridine rings is 1. The number of benzene rings is 1. The zero-order valence-corrected chi connectivity index (χ0v) is 10.6. The first-order chi connectivity index (χ1) is 9.49. The van der Waals surface area contributed by atoms with E-state index in [2.05, 4.69) is 4.98 Å². The summed E-state index contributed by atoms with van der Waals surface area (Å²) in [5.41, 5.74) is 1.16. The molecular formula is C14H12F3NO2. The summed E-state index contributed by atoms with van der Waals surface area (Å²) < 4.78 is 46.5. The molecule has 0 amide bonds. The minimum atomic E-state index is -4.41. The number of aromatic nitrogens is 1. The number of nitrogens with zero attached hydrogens (tertiary/aromatic N) is 1. The lowest BCUT2D eigenvalue weighted by molar-refractivity contribution is -0.154. The molecule has 0 radical (unpaired) electrons. The highest BCUT2D eigenvalue weighted by Gasteiger charge is 2.29. The van der Waals surface area contributed by atoms with E-state index >= 15 is 0 Å². The molecule has 1 heterocycles. The van der Waals surface area contributed by atoms with Gasteiger partial charge in [0.05, 0.1) is 13.3 Å². The Morgan fingerprint density at radius 3 is 2.45 bits per heavy atom. The Balaban J connectivity index is 2.36. The zero-order valence-electron chi connectivity index (χ0n) is 10.6. The second-order valence-corrected chi connectivity index (χ2v) is 4.00. The Kier molecular flexibility index (Phi) is 4.12. The average molecular weight is 283 g/mol. The van der Waals surface area contributed by atoms with E-state index in [1.54, 1.807) is 30.3 Å². The molecular weight excluding hydrogens is 271 g/mol. The average Bonchev–Trinajstić information content (AvgIpc) is 2.45. The number of halogens is 3. The van der Waals surface area contributed by atoms with Crippen LogP contribution in [-0.2, 0) is 0 Å². The predicted octanol–water partition coefficient (Wildman–Crippen LogP) is 3.70. The fourth-order valence-electron chi connectivity index (χ4n) is 1.63. The van der Waals surface area contributed by atoms with Gasteiger partial charge in [0.15, 0.2) is 6.61 Å². The molecule has 3 nitrogen and oxygen atoms in total. The van der Waals surface area contributed by atoms with Gasteiger partial charge in [-0.05, 0) is 11.6 Å². The normalized spacial score (nSPS) is 11.2. The van der Waals surface area contributed by atoms with Gasteiger partial charge in [0, 0.05) is 5.56 Å². The van der Waals surface area contributed by atoms with Crippen molar-refractivity contribution in [1.29, 1.82) is 0 Å². The lowest BCUT2D eigenvalue weighted by Crippen LogP contribution is -2.20. The van der Waals surface area contributed by atoms with Crippen LogP contribution in [0.1, 0.15) is 0 Å². The summed E-state index contributed by atoms with van der Waals surface area (Å²) in [5.74, 6) is 0.373. The molecule has 0 saturated heterocycles. The van der Waals surface area contributed by atoms with E-state index in [1.807, 2.05) is 6.07 Å². The smallest absolute Gasteiger partial charge is 0.422 e. The van der Waals surface area contributed by atoms with Gasteiger partial charge in [-0.1, -0.05) is 30.3 Å². The van der Waals surface area contributed by atoms with Crippen LogP contribution in [0, 0.1) is 0 Å². The summed E-state index contributed by atoms with van der Waals surface area (Å²) in [5, 5.41) is 0. The first-order valence-corrected chi connectivity index (χ1v) is 5.78. The summed E-state index contributed by atoms with van der Waals surface area (Å²) in [6, 6.07) is 10.5. The first-order valence-electron chi connectivity index (χ1n) is 5.78. The Hall–Kier alpha value is -2.24. The standard InChI is InChI=1S/C14H12F3NO2/c1-19-11-7-12(10-5-3-2-4-6-10)13(18-8-11)20-9-14(15,16)17/h2-8H,9H2,1H3. The maximum atomic E-state index is 12.2. The van der Waals surface area contributed by atoms with Crippen LogP contribution in [0.5, 0.6) is 11.6 Å². The second kappa shape index (κ2) is 5.81. The summed E-state index contributed by atoms with van der Waals surface area (Å²) in [4.78, 5) is 3.88. The summed E-state index contributed by atoms with van der Waals surface area (Å²) >= 11 is 0. The van der Waals surface area contributed by atoms with E-state index in [9.17, 15) is 13.2 Å². The summed E-state index contributed by atoms with van der Waals surface area (Å²) in [7, 11) is 1.46. The fourth-order valence-corrected chi connectivity index (χ4v) is 1.63. The molecule has 0 spiro atoms. The van der Waals surface area contributed by atoms with Crippen molar-refractivity contribution in [3.05, 3.63) is 42.6 Å². The largest absolute Gasteiger partial charge is 0.495 e. The third-order valence-corrected chi connectivity index (χ3v) is 2.52. The highest BCUT2D eigenvalue weighted by Crippen LogP contribution is 2.32. The lowest BCUT2D eigenvalue weighted by Gasteiger charge is -2.13. The van der Waals surface area contributed by atoms with Gasteiger partial charge in [0.1, 0.15) is 5.75 Å². The molecule has 0 aliphatic rings. The van der Waals surface area contributed by atoms with Crippen molar-refractivity contribution < 1.29 is 22.6 Å². The molecule has 0 aliphatic heterocycles. The third-order valence-electron chi connectivity index (χ3n) is 2.52. The fraction of sp³-hybridized carbons (Fsp3) is 0.214. The highest BCUT2D eigenvalue weighted by molar-refractivity contribution is 5.69. The number of alkyl halides is 3. The molecule has 2 rings (SSSR count). The van der Waals surface area contributed by atoms with Gasteiger partial charge in [-0.15, -0.1) is 0 Å². The molecule has 0 saturated carbocycles. The molecule has 1 aromatic carbocycles. The maximum absolute atomic E-state index is 12.2. The van der Waals surface area contributed by atoms with Crippen molar-refractivity contribution in [1.82, 2.24) is 4.98 Å². The predicted molar refractivity (Wildman–Crippen MR) is 67.8 cm³/mol. The van der Waals surface area contributed by atoms with Gasteiger partial charge in [-0.25, -0.2) is 4.98 Å². The van der Waals surface area contributed by atoms with Gasteiger partial charge in [0.25, 0.3) is 0 Å². The van der Waals surface area contributed by atoms with Crippen LogP contribution in [0.3, 0.4) is 0 Å². The molecule has 0 unspecified atom stereocenters. The number of rotatable bonds is 4. The molecule has 0 fully saturated rings. The van der Waals surface area contributed by atoms with E-state index < -0.39 is 12.8 Å². The minimum absolute atomic E-state index is 0.0747. The minimum Gasteiger partial charge on any atom is -0.495 e. The Morgan fingerprint density at radius 2 is 1.85 bits per heavy atom. The van der Waals surface area contributed by atoms with Crippen molar-refractivity contribution in [2.45, 2.75) is 6.18 Å². The number of methoxy groups -OCH3 is 1. The van der Waals surface area contributed by atoms with Crippen molar-refractivity contribution in [2.24, 2.45) is 0 Å². The van der Waals surface area contributed by atoms with Crippen LogP contribution in [0.4, 0.5) is 13.2 Å². The van der Waals surface area contributed by atoms with Gasteiger partial charge in [-0.3, -0.25) is 0 Å². The molecule has 0 aliphatic carbocycles. The Morgan fingerprint density at radius 1 is 1.15 bits per heavy atom. The van der Waals surface area contributed by atoms with E-state index in [-0.39, 0.29) is 5.88 Å². The van der Waals surface area contributed by atoms with Crippen LogP contribution in [-0.4, -0.2) is 24.9 Å². The third kappa shape index (κ3) is 3.63. The monoisotopic (exact) mass is 283 g/mol. The van der Waals surface area contributed by atoms with E-state index in [4.69, 9.17) is 9.47 Å². The van der Waals surface area contributed by atoms with Gasteiger partial charge in [-0.2, -0.15) is 13.2 Å². The van der Waals surface area contributed by atoms with Crippen LogP contribution >= 0.6 is 0 Å². The van der Waals surface area contributed by atoms with Crippen molar-refractivity contribution >= 4 is 0 Å². The van der Waals surface area contributed by atoms with E-state index in [1.165, 1.54) is 13.3 Å². The highest BCUT2D eigenvalue weighted by atomic mass is 19.4. The summed E-state index contributed by atoms with van der Waals surface area (Å²) in [6.07, 6.45) is -3.09. The molecule has 0 atom stereocenters. The van der Waals surface area contributed by atoms with Crippen LogP contribution < -0.4 is 9.47 Å². The van der Waals surface area contributed by atoms with Crippen LogP contribution in [0.25, 0.3) is 11.1 Å². The Bertz CT molecular complexity index is 570. The number of hydrogen-bond acceptors (Lipinski definition) is 3. The maximum Gasteiger partial charge on any atom is 0.422 e. The van der Waals surface area contributed by atoms with Crippen LogP contribution in [0.15, 0.2) is 42.6 Å². The van der Waals surface area contributed by atoms with E-state index in [0.717, 1.165) is 0 Å². The van der Waals surface area contributed by atoms with Crippen molar-refractivity contribution in [3.63, 3.8) is 0 Å². The lowest BCUT2D eigenvalue weighted by atomic mass is 10.1. The van der Waals surface area contributed by atoms with Crippen molar-refractivity contribution in [3.8, 4) is 22.8 Å². The molecule has 0 bridgehead atoms. The molecule has 106 valence electrons. The number of ether oxygens (including phenoxy) is 2. The zero-order chi connectivity index (χ0) is 14.6. The molecule has 1 aromatic heterocycles. The van der Waals surface area contributed by atoms with Gasteiger partial charge in [0.2, 0.25) is 5.88 Å². The van der Waals surface area contributed by atoms with Crippen LogP contribution in [0.2, 0.25) is 0 Å². The van der Waals surface area contributed by atoms with Gasteiger partial charge < -0.3 is 9.47 Å². The van der Waals surface area contributed by atoms with Gasteiger partial charge >= 0.3 is 6.18 Å². The quantitative estimate of drug-likeness (QED) is 0.857. The molecule has 2 aromatic rings. The van der Waals surface area contributed by atoms with E-state index in [0.29, 0.717) is 16.9 Å². The SMILES string of the molecule is COc1cnc(OCC(F)(F)F)c(-c2ccccc2)c1.